The molecule has 2 aliphatic heterocycles. The molecule has 0 aromatic heterocycles. The van der Waals surface area contributed by atoms with E-state index in [0.29, 0.717) is 38.9 Å². The van der Waals surface area contributed by atoms with Crippen LogP contribution in [0.4, 0.5) is 0 Å². The predicted molar refractivity (Wildman–Crippen MR) is 104 cm³/mol. The highest BCUT2D eigenvalue weighted by Gasteiger charge is 2.22. The van der Waals surface area contributed by atoms with Crippen LogP contribution in [-0.4, -0.2) is 47.4 Å². The Kier molecular flexibility index (Phi) is 8.06. The second kappa shape index (κ2) is 10.0. The van der Waals surface area contributed by atoms with E-state index in [9.17, 15) is 9.59 Å². The zero-order valence-electron chi connectivity index (χ0n) is 14.3. The van der Waals surface area contributed by atoms with Gasteiger partial charge in [-0.3, -0.25) is 9.59 Å². The summed E-state index contributed by atoms with van der Waals surface area (Å²) in [6.07, 6.45) is 1.72. The number of carbonyl (C=O) groups is 2. The van der Waals surface area contributed by atoms with Crippen molar-refractivity contribution in [2.75, 3.05) is 24.6 Å². The van der Waals surface area contributed by atoms with E-state index < -0.39 is 0 Å². The molecule has 2 N–H and O–H groups in total. The van der Waals surface area contributed by atoms with Crippen LogP contribution in [0.25, 0.3) is 0 Å². The second-order valence-corrected chi connectivity index (χ2v) is 7.55. The van der Waals surface area contributed by atoms with Gasteiger partial charge in [0.15, 0.2) is 0 Å². The van der Waals surface area contributed by atoms with Gasteiger partial charge in [-0.05, 0) is 17.5 Å². The highest BCUT2D eigenvalue weighted by Crippen LogP contribution is 2.22. The monoisotopic (exact) mass is 383 g/mol. The number of carbonyl (C=O) groups excluding carboxylic acids is 2. The lowest BCUT2D eigenvalue weighted by Crippen LogP contribution is -2.41. The lowest BCUT2D eigenvalue weighted by Gasteiger charge is -2.22. The third-order valence-electron chi connectivity index (χ3n) is 4.51. The summed E-state index contributed by atoms with van der Waals surface area (Å²) < 4.78 is 0. The van der Waals surface area contributed by atoms with Crippen molar-refractivity contribution in [3.8, 4) is 0 Å². The molecule has 0 saturated carbocycles. The molecule has 1 aromatic carbocycles. The van der Waals surface area contributed by atoms with Crippen LogP contribution in [-0.2, 0) is 22.7 Å². The number of amides is 2. The zero-order valence-corrected chi connectivity index (χ0v) is 16.0. The summed E-state index contributed by atoms with van der Waals surface area (Å²) in [7, 11) is 0. The Balaban J connectivity index is 0.00000225. The number of hydrogen-bond donors (Lipinski definition) is 2. The number of rotatable bonds is 6. The van der Waals surface area contributed by atoms with Crippen LogP contribution in [0.2, 0.25) is 0 Å². The third-order valence-corrected chi connectivity index (χ3v) is 5.64. The molecular formula is C18H26ClN3O2S. The molecule has 3 rings (SSSR count). The summed E-state index contributed by atoms with van der Waals surface area (Å²) in [6.45, 7) is 2.99. The maximum absolute atomic E-state index is 12.3. The van der Waals surface area contributed by atoms with Crippen molar-refractivity contribution in [1.82, 2.24) is 15.5 Å². The average molecular weight is 384 g/mol. The van der Waals surface area contributed by atoms with Gasteiger partial charge in [-0.15, -0.1) is 12.4 Å². The molecule has 25 heavy (non-hydrogen) atoms. The summed E-state index contributed by atoms with van der Waals surface area (Å²) in [6, 6.07) is 8.48. The Bertz CT molecular complexity index is 568. The Morgan fingerprint density at radius 1 is 1.24 bits per heavy atom. The highest BCUT2D eigenvalue weighted by atomic mass is 35.5. The molecule has 1 fully saturated rings. The molecule has 2 aliphatic rings. The minimum Gasteiger partial charge on any atom is -0.356 e. The Morgan fingerprint density at radius 2 is 1.96 bits per heavy atom. The van der Waals surface area contributed by atoms with Crippen molar-refractivity contribution in [2.24, 2.45) is 0 Å². The first-order valence-corrected chi connectivity index (χ1v) is 9.80. The van der Waals surface area contributed by atoms with Crippen LogP contribution in [0.15, 0.2) is 24.3 Å². The summed E-state index contributed by atoms with van der Waals surface area (Å²) in [5.74, 6) is 2.38. The predicted octanol–water partition coefficient (Wildman–Crippen LogP) is 1.94. The molecule has 0 spiro atoms. The molecule has 1 atom stereocenters. The molecule has 2 amide bonds. The fraction of sp³-hybridized carbons (Fsp3) is 0.556. The number of fused-ring (bicyclic) bond motifs is 1. The Hall–Kier alpha value is -1.24. The van der Waals surface area contributed by atoms with Crippen molar-refractivity contribution < 1.29 is 9.59 Å². The van der Waals surface area contributed by atoms with Crippen LogP contribution in [0.3, 0.4) is 0 Å². The van der Waals surface area contributed by atoms with Gasteiger partial charge in [0.1, 0.15) is 0 Å². The van der Waals surface area contributed by atoms with E-state index in [2.05, 4.69) is 22.8 Å². The molecule has 0 bridgehead atoms. The van der Waals surface area contributed by atoms with Gasteiger partial charge < -0.3 is 15.5 Å². The van der Waals surface area contributed by atoms with Crippen molar-refractivity contribution in [1.29, 1.82) is 0 Å². The maximum Gasteiger partial charge on any atom is 0.223 e. The van der Waals surface area contributed by atoms with Gasteiger partial charge in [-0.2, -0.15) is 11.8 Å². The van der Waals surface area contributed by atoms with E-state index in [1.54, 1.807) is 0 Å². The van der Waals surface area contributed by atoms with E-state index in [4.69, 9.17) is 0 Å². The van der Waals surface area contributed by atoms with Crippen LogP contribution in [0, 0.1) is 0 Å². The fourth-order valence-corrected chi connectivity index (χ4v) is 4.13. The Labute approximate surface area is 159 Å². The third kappa shape index (κ3) is 5.90. The molecule has 138 valence electrons. The van der Waals surface area contributed by atoms with Gasteiger partial charge in [0.25, 0.3) is 0 Å². The van der Waals surface area contributed by atoms with Crippen molar-refractivity contribution in [2.45, 2.75) is 38.4 Å². The molecule has 7 heteroatoms. The summed E-state index contributed by atoms with van der Waals surface area (Å²) in [5, 5.41) is 6.30. The second-order valence-electron chi connectivity index (χ2n) is 6.40. The molecule has 5 nitrogen and oxygen atoms in total. The number of nitrogens with zero attached hydrogens (tertiary/aromatic N) is 1. The minimum atomic E-state index is 0. The summed E-state index contributed by atoms with van der Waals surface area (Å²) in [5.41, 5.74) is 2.49. The van der Waals surface area contributed by atoms with Gasteiger partial charge in [-0.25, -0.2) is 0 Å². The van der Waals surface area contributed by atoms with Gasteiger partial charge >= 0.3 is 0 Å². The molecule has 0 radical (unpaired) electrons. The fourth-order valence-electron chi connectivity index (χ4n) is 3.18. The number of hydrogen-bond acceptors (Lipinski definition) is 4. The van der Waals surface area contributed by atoms with E-state index in [-0.39, 0.29) is 30.3 Å². The Morgan fingerprint density at radius 3 is 2.60 bits per heavy atom. The van der Waals surface area contributed by atoms with Crippen molar-refractivity contribution in [3.63, 3.8) is 0 Å². The molecule has 0 aliphatic carbocycles. The van der Waals surface area contributed by atoms with Gasteiger partial charge in [0.05, 0.1) is 0 Å². The lowest BCUT2D eigenvalue weighted by molar-refractivity contribution is -0.132. The number of nitrogens with one attached hydrogen (secondary N) is 2. The number of halogens is 1. The van der Waals surface area contributed by atoms with E-state index in [1.165, 1.54) is 11.1 Å². The molecule has 1 aromatic rings. The SMILES string of the molecule is Cl.O=C(CC1CSCCN1)NCCCC(=O)N1Cc2ccccc2C1. The van der Waals surface area contributed by atoms with Crippen LogP contribution >= 0.6 is 24.2 Å². The largest absolute Gasteiger partial charge is 0.356 e. The van der Waals surface area contributed by atoms with Crippen molar-refractivity contribution >= 4 is 36.0 Å². The average Bonchev–Trinajstić information content (AvgIpc) is 3.04. The lowest BCUT2D eigenvalue weighted by atomic mass is 10.1. The minimum absolute atomic E-state index is 0. The van der Waals surface area contributed by atoms with Crippen LogP contribution in [0.5, 0.6) is 0 Å². The zero-order chi connectivity index (χ0) is 16.8. The first-order chi connectivity index (χ1) is 11.7. The topological polar surface area (TPSA) is 61.4 Å². The van der Waals surface area contributed by atoms with Crippen LogP contribution < -0.4 is 10.6 Å². The number of benzene rings is 1. The molecule has 2 heterocycles. The normalized spacial score (nSPS) is 19.0. The van der Waals surface area contributed by atoms with Gasteiger partial charge in [-0.1, -0.05) is 24.3 Å². The molecule has 1 saturated heterocycles. The van der Waals surface area contributed by atoms with Crippen molar-refractivity contribution in [3.05, 3.63) is 35.4 Å². The first-order valence-electron chi connectivity index (χ1n) is 8.65. The van der Waals surface area contributed by atoms with Gasteiger partial charge in [0, 0.05) is 56.6 Å². The first kappa shape index (κ1) is 20.1. The highest BCUT2D eigenvalue weighted by molar-refractivity contribution is 7.99. The van der Waals surface area contributed by atoms with Crippen LogP contribution in [0.1, 0.15) is 30.4 Å². The van der Waals surface area contributed by atoms with Gasteiger partial charge in [0.2, 0.25) is 11.8 Å². The quantitative estimate of drug-likeness (QED) is 0.737. The van der Waals surface area contributed by atoms with E-state index in [0.717, 1.165) is 18.1 Å². The molecular weight excluding hydrogens is 358 g/mol. The standard InChI is InChI=1S/C18H25N3O2S.ClH/c22-17(10-16-13-24-9-8-19-16)20-7-3-6-18(23)21-11-14-4-1-2-5-15(14)12-21;/h1-2,4-5,16,19H,3,6-13H2,(H,20,22);1H. The summed E-state index contributed by atoms with van der Waals surface area (Å²) in [4.78, 5) is 26.1. The van der Waals surface area contributed by atoms with E-state index >= 15 is 0 Å². The van der Waals surface area contributed by atoms with E-state index in [1.807, 2.05) is 28.8 Å². The molecule has 1 unspecified atom stereocenters. The smallest absolute Gasteiger partial charge is 0.223 e. The maximum atomic E-state index is 12.3. The number of thioether (sulfide) groups is 1. The summed E-state index contributed by atoms with van der Waals surface area (Å²) >= 11 is 1.89.